The number of carbonyl (C=O) groups is 2. The molecule has 0 bridgehead atoms. The van der Waals surface area contributed by atoms with Gasteiger partial charge in [-0.25, -0.2) is 0 Å². The third kappa shape index (κ3) is 2.80. The first-order valence-electron chi connectivity index (χ1n) is 8.01. The number of para-hydroxylation sites is 2. The minimum absolute atomic E-state index is 0.00435. The van der Waals surface area contributed by atoms with Crippen molar-refractivity contribution >= 4 is 23.3 Å². The minimum Gasteiger partial charge on any atom is -0.466 e. The molecular formula is C17H22N2O3. The Morgan fingerprint density at radius 2 is 1.91 bits per heavy atom. The van der Waals surface area contributed by atoms with Gasteiger partial charge >= 0.3 is 5.97 Å². The number of nitrogens with zero attached hydrogens (tertiary/aromatic N) is 2. The van der Waals surface area contributed by atoms with Crippen molar-refractivity contribution in [3.8, 4) is 0 Å². The van der Waals surface area contributed by atoms with Gasteiger partial charge in [0.15, 0.2) is 0 Å². The standard InChI is InChI=1S/C17H22N2O3/c1-2-22-17(21)13-11-16(20)19(12-13)15-8-4-3-7-14(15)18-9-5-6-10-18/h3-4,7-8,13H,2,5-6,9-12H2,1H3. The van der Waals surface area contributed by atoms with Crippen LogP contribution in [0.3, 0.4) is 0 Å². The zero-order chi connectivity index (χ0) is 15.5. The molecule has 2 fully saturated rings. The van der Waals surface area contributed by atoms with Gasteiger partial charge < -0.3 is 14.5 Å². The van der Waals surface area contributed by atoms with Crippen molar-refractivity contribution in [3.63, 3.8) is 0 Å². The van der Waals surface area contributed by atoms with E-state index in [0.29, 0.717) is 13.2 Å². The molecular weight excluding hydrogens is 280 g/mol. The van der Waals surface area contributed by atoms with Gasteiger partial charge in [-0.1, -0.05) is 12.1 Å². The van der Waals surface area contributed by atoms with E-state index in [2.05, 4.69) is 11.0 Å². The van der Waals surface area contributed by atoms with E-state index in [1.165, 1.54) is 12.8 Å². The number of hydrogen-bond acceptors (Lipinski definition) is 4. The van der Waals surface area contributed by atoms with Crippen LogP contribution in [0.15, 0.2) is 24.3 Å². The van der Waals surface area contributed by atoms with E-state index in [0.717, 1.165) is 24.5 Å². The Hall–Kier alpha value is -2.04. The van der Waals surface area contributed by atoms with Gasteiger partial charge in [-0.3, -0.25) is 9.59 Å². The Labute approximate surface area is 130 Å². The van der Waals surface area contributed by atoms with E-state index in [-0.39, 0.29) is 24.2 Å². The number of esters is 1. The third-order valence-electron chi connectivity index (χ3n) is 4.36. The fourth-order valence-electron chi connectivity index (χ4n) is 3.28. The average molecular weight is 302 g/mol. The number of anilines is 2. The van der Waals surface area contributed by atoms with Crippen LogP contribution in [-0.2, 0) is 14.3 Å². The highest BCUT2D eigenvalue weighted by Crippen LogP contribution is 2.35. The molecule has 0 aliphatic carbocycles. The highest BCUT2D eigenvalue weighted by Gasteiger charge is 2.37. The summed E-state index contributed by atoms with van der Waals surface area (Å²) >= 11 is 0. The number of rotatable bonds is 4. The first-order valence-corrected chi connectivity index (χ1v) is 8.01. The van der Waals surface area contributed by atoms with Crippen molar-refractivity contribution in [2.75, 3.05) is 36.0 Å². The summed E-state index contributed by atoms with van der Waals surface area (Å²) in [5, 5.41) is 0. The lowest BCUT2D eigenvalue weighted by Crippen LogP contribution is -2.29. The molecule has 1 aromatic rings. The Morgan fingerprint density at radius 1 is 1.23 bits per heavy atom. The van der Waals surface area contributed by atoms with E-state index in [1.807, 2.05) is 18.2 Å². The van der Waals surface area contributed by atoms with Gasteiger partial charge in [0.1, 0.15) is 0 Å². The summed E-state index contributed by atoms with van der Waals surface area (Å²) in [7, 11) is 0. The largest absolute Gasteiger partial charge is 0.466 e. The quantitative estimate of drug-likeness (QED) is 0.800. The zero-order valence-corrected chi connectivity index (χ0v) is 13.0. The fraction of sp³-hybridized carbons (Fsp3) is 0.529. The molecule has 1 atom stereocenters. The highest BCUT2D eigenvalue weighted by atomic mass is 16.5. The molecule has 0 aromatic heterocycles. The Morgan fingerprint density at radius 3 is 2.59 bits per heavy atom. The van der Waals surface area contributed by atoms with E-state index >= 15 is 0 Å². The summed E-state index contributed by atoms with van der Waals surface area (Å²) in [6.07, 6.45) is 2.62. The second-order valence-corrected chi connectivity index (χ2v) is 5.84. The molecule has 1 aromatic carbocycles. The van der Waals surface area contributed by atoms with Gasteiger partial charge in [0.25, 0.3) is 0 Å². The topological polar surface area (TPSA) is 49.9 Å². The maximum Gasteiger partial charge on any atom is 0.311 e. The molecule has 5 heteroatoms. The maximum absolute atomic E-state index is 12.4. The van der Waals surface area contributed by atoms with Crippen LogP contribution in [0.25, 0.3) is 0 Å². The van der Waals surface area contributed by atoms with Crippen molar-refractivity contribution in [2.24, 2.45) is 5.92 Å². The van der Waals surface area contributed by atoms with Crippen LogP contribution in [-0.4, -0.2) is 38.1 Å². The summed E-state index contributed by atoms with van der Waals surface area (Å²) in [6, 6.07) is 7.98. The van der Waals surface area contributed by atoms with E-state index in [4.69, 9.17) is 4.74 Å². The normalized spacial score (nSPS) is 21.5. The lowest BCUT2D eigenvalue weighted by atomic mass is 10.1. The first kappa shape index (κ1) is 14.9. The van der Waals surface area contributed by atoms with E-state index in [9.17, 15) is 9.59 Å². The van der Waals surface area contributed by atoms with Crippen molar-refractivity contribution in [1.29, 1.82) is 0 Å². The molecule has 0 saturated carbocycles. The van der Waals surface area contributed by atoms with Gasteiger partial charge in [-0.15, -0.1) is 0 Å². The molecule has 3 rings (SSSR count). The molecule has 0 N–H and O–H groups in total. The lowest BCUT2D eigenvalue weighted by Gasteiger charge is -2.26. The van der Waals surface area contributed by atoms with Gasteiger partial charge in [-0.2, -0.15) is 0 Å². The summed E-state index contributed by atoms with van der Waals surface area (Å²) in [4.78, 5) is 28.3. The molecule has 22 heavy (non-hydrogen) atoms. The molecule has 0 radical (unpaired) electrons. The van der Waals surface area contributed by atoms with Crippen molar-refractivity contribution in [1.82, 2.24) is 0 Å². The number of ether oxygens (including phenoxy) is 1. The molecule has 1 unspecified atom stereocenters. The fourth-order valence-corrected chi connectivity index (χ4v) is 3.28. The summed E-state index contributed by atoms with van der Waals surface area (Å²) in [6.45, 7) is 4.62. The molecule has 2 heterocycles. The summed E-state index contributed by atoms with van der Waals surface area (Å²) in [5.41, 5.74) is 2.01. The lowest BCUT2D eigenvalue weighted by molar-refractivity contribution is -0.147. The third-order valence-corrected chi connectivity index (χ3v) is 4.36. The Bertz CT molecular complexity index is 567. The van der Waals surface area contributed by atoms with Crippen LogP contribution in [0.5, 0.6) is 0 Å². The SMILES string of the molecule is CCOC(=O)C1CC(=O)N(c2ccccc2N2CCCC2)C1. The first-order chi connectivity index (χ1) is 10.7. The van der Waals surface area contributed by atoms with Crippen LogP contribution >= 0.6 is 0 Å². The van der Waals surface area contributed by atoms with Gasteiger partial charge in [0, 0.05) is 26.1 Å². The molecule has 0 spiro atoms. The van der Waals surface area contributed by atoms with Crippen LogP contribution in [0.2, 0.25) is 0 Å². The maximum atomic E-state index is 12.4. The minimum atomic E-state index is -0.348. The predicted octanol–water partition coefficient (Wildman–Crippen LogP) is 2.20. The molecule has 2 aliphatic rings. The number of hydrogen-bond donors (Lipinski definition) is 0. The highest BCUT2D eigenvalue weighted by molar-refractivity contribution is 6.01. The van der Waals surface area contributed by atoms with Crippen LogP contribution in [0.1, 0.15) is 26.2 Å². The molecule has 2 aliphatic heterocycles. The van der Waals surface area contributed by atoms with Crippen LogP contribution in [0.4, 0.5) is 11.4 Å². The molecule has 118 valence electrons. The molecule has 5 nitrogen and oxygen atoms in total. The number of benzene rings is 1. The van der Waals surface area contributed by atoms with E-state index in [1.54, 1.807) is 11.8 Å². The van der Waals surface area contributed by atoms with Gasteiger partial charge in [0.05, 0.1) is 23.9 Å². The zero-order valence-electron chi connectivity index (χ0n) is 13.0. The molecule has 2 saturated heterocycles. The second kappa shape index (κ2) is 6.38. The van der Waals surface area contributed by atoms with Crippen LogP contribution < -0.4 is 9.80 Å². The summed E-state index contributed by atoms with van der Waals surface area (Å²) < 4.78 is 5.06. The Balaban J connectivity index is 1.82. The van der Waals surface area contributed by atoms with Gasteiger partial charge in [-0.05, 0) is 31.9 Å². The van der Waals surface area contributed by atoms with Crippen molar-refractivity contribution in [2.45, 2.75) is 26.2 Å². The number of carbonyl (C=O) groups excluding carboxylic acids is 2. The smallest absolute Gasteiger partial charge is 0.311 e. The monoisotopic (exact) mass is 302 g/mol. The van der Waals surface area contributed by atoms with Crippen molar-refractivity contribution in [3.05, 3.63) is 24.3 Å². The van der Waals surface area contributed by atoms with E-state index < -0.39 is 0 Å². The summed E-state index contributed by atoms with van der Waals surface area (Å²) in [5.74, 6) is -0.610. The van der Waals surface area contributed by atoms with Crippen molar-refractivity contribution < 1.29 is 14.3 Å². The number of amides is 1. The molecule has 1 amide bonds. The average Bonchev–Trinajstić information content (AvgIpc) is 3.17. The second-order valence-electron chi connectivity index (χ2n) is 5.84. The van der Waals surface area contributed by atoms with Gasteiger partial charge in [0.2, 0.25) is 5.91 Å². The van der Waals surface area contributed by atoms with Crippen LogP contribution in [0, 0.1) is 5.92 Å². The predicted molar refractivity (Wildman–Crippen MR) is 85.0 cm³/mol. The Kier molecular flexibility index (Phi) is 4.32.